The van der Waals surface area contributed by atoms with Crippen molar-refractivity contribution in [2.24, 2.45) is 0 Å². The summed E-state index contributed by atoms with van der Waals surface area (Å²) < 4.78 is 41.5. The minimum Gasteiger partial charge on any atom is -0.423 e. The second-order valence-corrected chi connectivity index (χ2v) is 5.90. The Labute approximate surface area is 139 Å². The highest BCUT2D eigenvalue weighted by Crippen LogP contribution is 2.39. The molecule has 0 fully saturated rings. The molecule has 0 radical (unpaired) electrons. The van der Waals surface area contributed by atoms with Crippen molar-refractivity contribution >= 4 is 44.1 Å². The first-order chi connectivity index (χ1) is 12.8. The summed E-state index contributed by atoms with van der Waals surface area (Å²) in [5.41, 5.74) is 1.05. The SMILES string of the molecule is [2H]c1c([2H])c([2H])c(-c2cccc3c2sc2c(B(O)O)cccc23)c([2H])c1[2H]. The van der Waals surface area contributed by atoms with Crippen LogP contribution < -0.4 is 5.46 Å². The molecule has 0 saturated carbocycles. The predicted octanol–water partition coefficient (Wildman–Crippen LogP) is 3.40. The van der Waals surface area contributed by atoms with Crippen molar-refractivity contribution in [2.45, 2.75) is 0 Å². The Morgan fingerprint density at radius 2 is 1.55 bits per heavy atom. The molecular weight excluding hydrogens is 291 g/mol. The molecule has 1 aromatic heterocycles. The van der Waals surface area contributed by atoms with E-state index in [9.17, 15) is 10.0 Å². The topological polar surface area (TPSA) is 40.5 Å². The summed E-state index contributed by atoms with van der Waals surface area (Å²) in [6.45, 7) is 0. The van der Waals surface area contributed by atoms with Crippen LogP contribution in [-0.4, -0.2) is 17.2 Å². The van der Waals surface area contributed by atoms with Crippen molar-refractivity contribution in [3.8, 4) is 11.1 Å². The lowest BCUT2D eigenvalue weighted by Crippen LogP contribution is -2.29. The van der Waals surface area contributed by atoms with Crippen LogP contribution in [0.25, 0.3) is 31.3 Å². The molecule has 0 bridgehead atoms. The maximum absolute atomic E-state index is 9.66. The number of rotatable bonds is 2. The van der Waals surface area contributed by atoms with Gasteiger partial charge in [0, 0.05) is 14.8 Å². The van der Waals surface area contributed by atoms with E-state index in [-0.39, 0.29) is 29.7 Å². The Hall–Kier alpha value is -2.14. The summed E-state index contributed by atoms with van der Waals surface area (Å²) in [7, 11) is -1.62. The van der Waals surface area contributed by atoms with Crippen LogP contribution in [0.15, 0.2) is 66.6 Å². The van der Waals surface area contributed by atoms with Gasteiger partial charge in [0.15, 0.2) is 0 Å². The molecule has 0 aliphatic carbocycles. The molecule has 0 spiro atoms. The summed E-state index contributed by atoms with van der Waals surface area (Å²) in [4.78, 5) is 0. The fourth-order valence-corrected chi connectivity index (χ4v) is 3.98. The molecule has 4 aromatic rings. The maximum Gasteiger partial charge on any atom is 0.489 e. The van der Waals surface area contributed by atoms with Crippen LogP contribution >= 0.6 is 11.3 Å². The van der Waals surface area contributed by atoms with Crippen LogP contribution in [0.4, 0.5) is 0 Å². The zero-order chi connectivity index (χ0) is 19.5. The highest BCUT2D eigenvalue weighted by Gasteiger charge is 2.18. The normalized spacial score (nSPS) is 14.4. The number of thiophene rings is 1. The van der Waals surface area contributed by atoms with Crippen molar-refractivity contribution in [1.29, 1.82) is 0 Å². The van der Waals surface area contributed by atoms with Gasteiger partial charge < -0.3 is 10.0 Å². The van der Waals surface area contributed by atoms with Gasteiger partial charge in [-0.1, -0.05) is 66.6 Å². The summed E-state index contributed by atoms with van der Waals surface area (Å²) in [5.74, 6) is 0. The summed E-state index contributed by atoms with van der Waals surface area (Å²) in [6, 6.07) is 8.91. The van der Waals surface area contributed by atoms with Crippen LogP contribution in [0.3, 0.4) is 0 Å². The molecule has 2 N–H and O–H groups in total. The summed E-state index contributed by atoms with van der Waals surface area (Å²) in [5, 5.41) is 21.0. The number of benzene rings is 3. The minimum absolute atomic E-state index is 0.143. The Morgan fingerprint density at radius 3 is 2.27 bits per heavy atom. The lowest BCUT2D eigenvalue weighted by Gasteiger charge is -2.02. The average Bonchev–Trinajstić information content (AvgIpc) is 3.04. The summed E-state index contributed by atoms with van der Waals surface area (Å²) in [6.07, 6.45) is 0. The Kier molecular flexibility index (Phi) is 2.17. The first kappa shape index (κ1) is 9.11. The Bertz CT molecular complexity index is 1190. The van der Waals surface area contributed by atoms with E-state index < -0.39 is 13.2 Å². The molecule has 4 rings (SSSR count). The molecule has 4 heteroatoms. The van der Waals surface area contributed by atoms with Gasteiger partial charge in [-0.3, -0.25) is 0 Å². The first-order valence-electron chi connectivity index (χ1n) is 9.20. The summed E-state index contributed by atoms with van der Waals surface area (Å²) >= 11 is 1.32. The highest BCUT2D eigenvalue weighted by molar-refractivity contribution is 7.27. The van der Waals surface area contributed by atoms with Gasteiger partial charge in [0.1, 0.15) is 0 Å². The van der Waals surface area contributed by atoms with Crippen molar-refractivity contribution in [2.75, 3.05) is 0 Å². The fraction of sp³-hybridized carbons (Fsp3) is 0. The van der Waals surface area contributed by atoms with Crippen LogP contribution in [-0.2, 0) is 0 Å². The lowest BCUT2D eigenvalue weighted by molar-refractivity contribution is 0.426. The molecule has 0 unspecified atom stereocenters. The van der Waals surface area contributed by atoms with E-state index >= 15 is 0 Å². The zero-order valence-corrected chi connectivity index (χ0v) is 12.2. The van der Waals surface area contributed by atoms with Gasteiger partial charge in [0.2, 0.25) is 0 Å². The van der Waals surface area contributed by atoms with Crippen LogP contribution in [0.2, 0.25) is 0 Å². The third-order valence-corrected chi connectivity index (χ3v) is 4.91. The quantitative estimate of drug-likeness (QED) is 0.557. The molecule has 0 aliphatic rings. The van der Waals surface area contributed by atoms with Crippen molar-refractivity contribution in [1.82, 2.24) is 0 Å². The largest absolute Gasteiger partial charge is 0.489 e. The van der Waals surface area contributed by atoms with Crippen molar-refractivity contribution in [3.05, 3.63) is 66.6 Å². The van der Waals surface area contributed by atoms with E-state index in [1.165, 1.54) is 11.3 Å². The number of hydrogen-bond donors (Lipinski definition) is 2. The molecule has 3 aromatic carbocycles. The van der Waals surface area contributed by atoms with Crippen LogP contribution in [0, 0.1) is 0 Å². The number of hydrogen-bond acceptors (Lipinski definition) is 3. The second kappa shape index (κ2) is 5.25. The third kappa shape index (κ3) is 2.04. The Morgan fingerprint density at radius 1 is 0.864 bits per heavy atom. The predicted molar refractivity (Wildman–Crippen MR) is 94.6 cm³/mol. The van der Waals surface area contributed by atoms with Gasteiger partial charge in [-0.2, -0.15) is 0 Å². The third-order valence-electron chi connectivity index (χ3n) is 3.60. The van der Waals surface area contributed by atoms with E-state index in [0.29, 0.717) is 15.7 Å². The van der Waals surface area contributed by atoms with Crippen molar-refractivity contribution < 1.29 is 16.9 Å². The smallest absolute Gasteiger partial charge is 0.423 e. The van der Waals surface area contributed by atoms with Gasteiger partial charge in [-0.05, 0) is 22.0 Å². The first-order valence-corrected chi connectivity index (χ1v) is 7.52. The zero-order valence-electron chi connectivity index (χ0n) is 16.3. The molecule has 106 valence electrons. The second-order valence-electron chi connectivity index (χ2n) is 4.88. The molecule has 0 saturated heterocycles. The molecule has 0 aliphatic heterocycles. The van der Waals surface area contributed by atoms with Crippen LogP contribution in [0.1, 0.15) is 6.85 Å². The molecule has 0 amide bonds. The van der Waals surface area contributed by atoms with E-state index in [1.807, 2.05) is 12.1 Å². The van der Waals surface area contributed by atoms with E-state index in [4.69, 9.17) is 6.85 Å². The molecule has 1 heterocycles. The minimum atomic E-state index is -1.62. The van der Waals surface area contributed by atoms with Gasteiger partial charge >= 0.3 is 7.12 Å². The van der Waals surface area contributed by atoms with E-state index in [2.05, 4.69) is 0 Å². The number of fused-ring (bicyclic) bond motifs is 3. The lowest BCUT2D eigenvalue weighted by atomic mass is 9.80. The van der Waals surface area contributed by atoms with E-state index in [1.54, 1.807) is 24.3 Å². The maximum atomic E-state index is 9.66. The Balaban J connectivity index is 2.14. The molecule has 2 nitrogen and oxygen atoms in total. The van der Waals surface area contributed by atoms with Gasteiger partial charge in [0.05, 0.1) is 6.85 Å². The monoisotopic (exact) mass is 309 g/mol. The molecular formula is C18H13BO2S. The molecule has 0 atom stereocenters. The van der Waals surface area contributed by atoms with Gasteiger partial charge in [-0.15, -0.1) is 11.3 Å². The van der Waals surface area contributed by atoms with Gasteiger partial charge in [-0.25, -0.2) is 0 Å². The molecule has 22 heavy (non-hydrogen) atoms. The highest BCUT2D eigenvalue weighted by atomic mass is 32.1. The average molecular weight is 309 g/mol. The van der Waals surface area contributed by atoms with Crippen LogP contribution in [0.5, 0.6) is 0 Å². The van der Waals surface area contributed by atoms with E-state index in [0.717, 1.165) is 15.5 Å². The standard InChI is InChI=1S/C18H13BO2S/c20-19(21)16-11-5-10-15-14-9-4-8-13(17(14)22-18(15)16)12-6-2-1-3-7-12/h1-11,20-21H/i1D,2D,3D,6D,7D. The fourth-order valence-electron chi connectivity index (χ4n) is 2.63. The van der Waals surface area contributed by atoms with Gasteiger partial charge in [0.25, 0.3) is 0 Å². The van der Waals surface area contributed by atoms with Crippen molar-refractivity contribution in [3.63, 3.8) is 0 Å².